The summed E-state index contributed by atoms with van der Waals surface area (Å²) in [7, 11) is 3.40. The molecular weight excluding hydrogens is 186 g/mol. The molecule has 0 bridgehead atoms. The van der Waals surface area contributed by atoms with Crippen molar-refractivity contribution in [3.8, 4) is 0 Å². The van der Waals surface area contributed by atoms with Crippen LogP contribution in [0.3, 0.4) is 0 Å². The van der Waals surface area contributed by atoms with E-state index in [-0.39, 0.29) is 5.69 Å². The molecular formula is C8H9N3OS. The van der Waals surface area contributed by atoms with Crippen molar-refractivity contribution in [3.05, 3.63) is 27.4 Å². The van der Waals surface area contributed by atoms with Gasteiger partial charge in [-0.2, -0.15) is 0 Å². The number of H-pyrrole nitrogens is 1. The van der Waals surface area contributed by atoms with Crippen LogP contribution in [0, 0.1) is 4.64 Å². The lowest BCUT2D eigenvalue weighted by atomic mass is 10.4. The van der Waals surface area contributed by atoms with Crippen LogP contribution in [0.1, 0.15) is 0 Å². The second-order valence-electron chi connectivity index (χ2n) is 2.94. The smallest absolute Gasteiger partial charge is 0.329 e. The Morgan fingerprint density at radius 3 is 2.77 bits per heavy atom. The van der Waals surface area contributed by atoms with Gasteiger partial charge in [0.1, 0.15) is 4.64 Å². The molecule has 0 unspecified atom stereocenters. The number of fused-ring (bicyclic) bond motifs is 1. The highest BCUT2D eigenvalue weighted by molar-refractivity contribution is 7.71. The van der Waals surface area contributed by atoms with Gasteiger partial charge in [0.2, 0.25) is 0 Å². The van der Waals surface area contributed by atoms with Crippen LogP contribution in [0.5, 0.6) is 0 Å². The molecule has 0 spiro atoms. The van der Waals surface area contributed by atoms with Crippen LogP contribution in [0.15, 0.2) is 17.1 Å². The zero-order valence-electron chi connectivity index (χ0n) is 7.37. The van der Waals surface area contributed by atoms with Gasteiger partial charge in [-0.3, -0.25) is 9.13 Å². The number of aryl methyl sites for hydroxylation is 1. The van der Waals surface area contributed by atoms with Gasteiger partial charge in [0.05, 0.1) is 11.0 Å². The monoisotopic (exact) mass is 195 g/mol. The molecule has 0 aliphatic rings. The molecule has 0 radical (unpaired) electrons. The van der Waals surface area contributed by atoms with Crippen LogP contribution >= 0.6 is 12.2 Å². The summed E-state index contributed by atoms with van der Waals surface area (Å²) < 4.78 is 3.57. The number of hydrogen-bond acceptors (Lipinski definition) is 2. The predicted molar refractivity (Wildman–Crippen MR) is 53.3 cm³/mol. The van der Waals surface area contributed by atoms with Gasteiger partial charge in [-0.25, -0.2) is 4.79 Å². The van der Waals surface area contributed by atoms with Crippen LogP contribution in [0.2, 0.25) is 0 Å². The van der Waals surface area contributed by atoms with Crippen molar-refractivity contribution >= 4 is 23.3 Å². The molecule has 0 saturated carbocycles. The molecule has 5 heteroatoms. The van der Waals surface area contributed by atoms with E-state index in [1.54, 1.807) is 24.9 Å². The molecule has 2 rings (SSSR count). The van der Waals surface area contributed by atoms with Crippen molar-refractivity contribution in [2.75, 3.05) is 0 Å². The van der Waals surface area contributed by atoms with E-state index in [1.165, 1.54) is 4.57 Å². The maximum Gasteiger partial charge on any atom is 0.329 e. The van der Waals surface area contributed by atoms with Crippen molar-refractivity contribution in [2.45, 2.75) is 0 Å². The molecule has 0 saturated heterocycles. The van der Waals surface area contributed by atoms with Crippen LogP contribution in [0.4, 0.5) is 0 Å². The molecule has 0 atom stereocenters. The van der Waals surface area contributed by atoms with Gasteiger partial charge in [0.15, 0.2) is 0 Å². The Hall–Kier alpha value is -1.36. The number of nitrogens with one attached hydrogen (secondary N) is 1. The lowest BCUT2D eigenvalue weighted by Crippen LogP contribution is -2.27. The normalized spacial score (nSPS) is 10.9. The molecule has 2 heterocycles. The van der Waals surface area contributed by atoms with Gasteiger partial charge in [-0.1, -0.05) is 12.2 Å². The molecule has 0 fully saturated rings. The number of nitrogens with zero attached hydrogens (tertiary/aromatic N) is 2. The standard InChI is InChI=1S/C8H9N3OS/c1-10-5-3-4-9-6(5)7(13)11(2)8(10)12/h3-4,9H,1-2H3. The molecule has 68 valence electrons. The summed E-state index contributed by atoms with van der Waals surface area (Å²) in [4.78, 5) is 14.6. The molecule has 0 aliphatic carbocycles. The number of rotatable bonds is 0. The first kappa shape index (κ1) is 8.25. The second-order valence-corrected chi connectivity index (χ2v) is 3.33. The minimum absolute atomic E-state index is 0.0999. The number of hydrogen-bond donors (Lipinski definition) is 1. The fraction of sp³-hybridized carbons (Fsp3) is 0.250. The second kappa shape index (κ2) is 2.56. The highest BCUT2D eigenvalue weighted by atomic mass is 32.1. The maximum atomic E-state index is 11.5. The average molecular weight is 195 g/mol. The molecule has 2 aromatic rings. The van der Waals surface area contributed by atoms with Crippen molar-refractivity contribution in [1.82, 2.24) is 14.1 Å². The molecule has 2 aromatic heterocycles. The largest absolute Gasteiger partial charge is 0.358 e. The highest BCUT2D eigenvalue weighted by Gasteiger charge is 2.04. The van der Waals surface area contributed by atoms with E-state index in [9.17, 15) is 4.79 Å². The third-order valence-corrected chi connectivity index (χ3v) is 2.66. The minimum Gasteiger partial charge on any atom is -0.358 e. The van der Waals surface area contributed by atoms with Crippen LogP contribution in [-0.4, -0.2) is 14.1 Å². The van der Waals surface area contributed by atoms with E-state index in [1.807, 2.05) is 6.07 Å². The van der Waals surface area contributed by atoms with Gasteiger partial charge < -0.3 is 4.98 Å². The molecule has 0 amide bonds. The van der Waals surface area contributed by atoms with Crippen molar-refractivity contribution in [3.63, 3.8) is 0 Å². The van der Waals surface area contributed by atoms with Crippen LogP contribution in [0.25, 0.3) is 11.0 Å². The molecule has 1 N–H and O–H groups in total. The lowest BCUT2D eigenvalue weighted by molar-refractivity contribution is 0.726. The zero-order chi connectivity index (χ0) is 9.59. The van der Waals surface area contributed by atoms with Crippen LogP contribution in [-0.2, 0) is 14.1 Å². The Morgan fingerprint density at radius 1 is 1.38 bits per heavy atom. The van der Waals surface area contributed by atoms with E-state index in [0.29, 0.717) is 4.64 Å². The third kappa shape index (κ3) is 0.968. The van der Waals surface area contributed by atoms with E-state index >= 15 is 0 Å². The van der Waals surface area contributed by atoms with Crippen LogP contribution < -0.4 is 5.69 Å². The Balaban J connectivity index is 3.21. The summed E-state index contributed by atoms with van der Waals surface area (Å²) >= 11 is 5.11. The Morgan fingerprint density at radius 2 is 2.08 bits per heavy atom. The van der Waals surface area contributed by atoms with E-state index in [4.69, 9.17) is 12.2 Å². The first-order chi connectivity index (χ1) is 6.13. The molecule has 0 aliphatic heterocycles. The summed E-state index contributed by atoms with van der Waals surface area (Å²) in [5.41, 5.74) is 1.57. The fourth-order valence-electron chi connectivity index (χ4n) is 1.39. The topological polar surface area (TPSA) is 42.7 Å². The number of aromatic nitrogens is 3. The SMILES string of the molecule is Cn1c(=S)c2[nH]ccc2n(C)c1=O. The minimum atomic E-state index is -0.0999. The summed E-state index contributed by atoms with van der Waals surface area (Å²) in [6.07, 6.45) is 1.78. The van der Waals surface area contributed by atoms with Gasteiger partial charge in [-0.05, 0) is 6.07 Å². The van der Waals surface area contributed by atoms with Crippen molar-refractivity contribution in [1.29, 1.82) is 0 Å². The first-order valence-electron chi connectivity index (χ1n) is 3.86. The average Bonchev–Trinajstić information content (AvgIpc) is 2.59. The first-order valence-corrected chi connectivity index (χ1v) is 4.27. The summed E-state index contributed by atoms with van der Waals surface area (Å²) in [6.45, 7) is 0. The van der Waals surface area contributed by atoms with Gasteiger partial charge in [0, 0.05) is 20.3 Å². The molecule has 13 heavy (non-hydrogen) atoms. The van der Waals surface area contributed by atoms with Gasteiger partial charge in [-0.15, -0.1) is 0 Å². The Bertz CT molecular complexity index is 575. The quantitative estimate of drug-likeness (QED) is 0.635. The van der Waals surface area contributed by atoms with E-state index in [0.717, 1.165) is 11.0 Å². The number of aromatic amines is 1. The zero-order valence-corrected chi connectivity index (χ0v) is 8.18. The van der Waals surface area contributed by atoms with Gasteiger partial charge in [0.25, 0.3) is 0 Å². The lowest BCUT2D eigenvalue weighted by Gasteiger charge is -2.03. The van der Waals surface area contributed by atoms with E-state index in [2.05, 4.69) is 4.98 Å². The summed E-state index contributed by atoms with van der Waals surface area (Å²) in [5.74, 6) is 0. The van der Waals surface area contributed by atoms with Gasteiger partial charge >= 0.3 is 5.69 Å². The predicted octanol–water partition coefficient (Wildman–Crippen LogP) is 0.935. The Labute approximate surface area is 79.4 Å². The van der Waals surface area contributed by atoms with Crippen molar-refractivity contribution < 1.29 is 0 Å². The van der Waals surface area contributed by atoms with E-state index < -0.39 is 0 Å². The highest BCUT2D eigenvalue weighted by Crippen LogP contribution is 2.09. The third-order valence-electron chi connectivity index (χ3n) is 2.18. The molecule has 4 nitrogen and oxygen atoms in total. The fourth-order valence-corrected chi connectivity index (χ4v) is 1.64. The summed E-state index contributed by atoms with van der Waals surface area (Å²) in [6, 6.07) is 1.84. The maximum absolute atomic E-state index is 11.5. The summed E-state index contributed by atoms with van der Waals surface area (Å²) in [5, 5.41) is 0. The molecule has 0 aromatic carbocycles. The van der Waals surface area contributed by atoms with Crippen molar-refractivity contribution in [2.24, 2.45) is 14.1 Å². The Kier molecular flexibility index (Phi) is 1.63.